The highest BCUT2D eigenvalue weighted by atomic mass is 16.5. The van der Waals surface area contributed by atoms with Gasteiger partial charge in [0.25, 0.3) is 0 Å². The molecule has 1 fully saturated rings. The van der Waals surface area contributed by atoms with Gasteiger partial charge < -0.3 is 4.74 Å². The number of carbonyl (C=O) groups is 1. The second-order valence-corrected chi connectivity index (χ2v) is 5.65. The molecule has 0 aliphatic heterocycles. The van der Waals surface area contributed by atoms with Crippen LogP contribution in [0.5, 0.6) is 0 Å². The number of carbonyl (C=O) groups excluding carboxylic acids is 1. The number of esters is 1. The molecule has 0 spiro atoms. The van der Waals surface area contributed by atoms with Crippen LogP contribution in [0.3, 0.4) is 0 Å². The fraction of sp³-hybridized carbons (Fsp3) is 0.929. The molecule has 0 aromatic rings. The van der Waals surface area contributed by atoms with E-state index in [1.165, 1.54) is 32.6 Å². The van der Waals surface area contributed by atoms with Gasteiger partial charge in [-0.1, -0.05) is 26.7 Å². The van der Waals surface area contributed by atoms with E-state index >= 15 is 0 Å². The van der Waals surface area contributed by atoms with Gasteiger partial charge in [0.05, 0.1) is 6.10 Å². The zero-order valence-corrected chi connectivity index (χ0v) is 11.2. The fourth-order valence-electron chi connectivity index (χ4n) is 2.90. The van der Waals surface area contributed by atoms with E-state index in [2.05, 4.69) is 13.8 Å². The van der Waals surface area contributed by atoms with Crippen LogP contribution >= 0.6 is 0 Å². The highest BCUT2D eigenvalue weighted by Gasteiger charge is 2.24. The summed E-state index contributed by atoms with van der Waals surface area (Å²) in [6, 6.07) is 0. The molecular formula is C14H26O2. The van der Waals surface area contributed by atoms with Gasteiger partial charge in [0, 0.05) is 6.92 Å². The minimum atomic E-state index is -0.156. The van der Waals surface area contributed by atoms with Crippen LogP contribution in [0.25, 0.3) is 0 Å². The number of rotatable bonds is 4. The van der Waals surface area contributed by atoms with Crippen LogP contribution in [0.1, 0.15) is 59.8 Å². The van der Waals surface area contributed by atoms with E-state index < -0.39 is 0 Å². The predicted molar refractivity (Wildman–Crippen MR) is 66.1 cm³/mol. The summed E-state index contributed by atoms with van der Waals surface area (Å²) in [6.07, 6.45) is 6.54. The molecule has 0 heterocycles. The van der Waals surface area contributed by atoms with Gasteiger partial charge in [-0.2, -0.15) is 0 Å². The summed E-state index contributed by atoms with van der Waals surface area (Å²) in [5.41, 5.74) is 0. The molecule has 2 atom stereocenters. The van der Waals surface area contributed by atoms with Crippen LogP contribution in [-0.2, 0) is 9.53 Å². The zero-order valence-electron chi connectivity index (χ0n) is 11.2. The molecular weight excluding hydrogens is 200 g/mol. The molecule has 0 saturated heterocycles. The Bertz CT molecular complexity index is 217. The van der Waals surface area contributed by atoms with Crippen molar-refractivity contribution in [3.63, 3.8) is 0 Å². The monoisotopic (exact) mass is 226 g/mol. The maximum atomic E-state index is 10.8. The Kier molecular flexibility index (Phi) is 5.30. The number of ether oxygens (including phenoxy) is 1. The first kappa shape index (κ1) is 13.5. The Morgan fingerprint density at radius 2 is 1.81 bits per heavy atom. The van der Waals surface area contributed by atoms with Gasteiger partial charge in [-0.05, 0) is 43.9 Å². The van der Waals surface area contributed by atoms with Gasteiger partial charge in [-0.3, -0.25) is 4.79 Å². The van der Waals surface area contributed by atoms with Crippen molar-refractivity contribution in [1.29, 1.82) is 0 Å². The third-order valence-electron chi connectivity index (χ3n) is 3.94. The Morgan fingerprint density at radius 3 is 2.31 bits per heavy atom. The third kappa shape index (κ3) is 4.54. The van der Waals surface area contributed by atoms with E-state index in [9.17, 15) is 4.79 Å². The molecule has 2 unspecified atom stereocenters. The highest BCUT2D eigenvalue weighted by Crippen LogP contribution is 2.35. The highest BCUT2D eigenvalue weighted by molar-refractivity contribution is 5.66. The standard InChI is InChI=1S/C14H26O2/c1-10-5-7-14(8-6-10)11(2)9-12(3)16-13(4)15/h10-12,14H,5-9H2,1-4H3. The molecule has 1 saturated carbocycles. The fourth-order valence-corrected chi connectivity index (χ4v) is 2.90. The number of hydrogen-bond acceptors (Lipinski definition) is 2. The van der Waals surface area contributed by atoms with E-state index in [0.717, 1.165) is 18.3 Å². The van der Waals surface area contributed by atoms with Crippen LogP contribution in [-0.4, -0.2) is 12.1 Å². The SMILES string of the molecule is CC(=O)OC(C)CC(C)C1CCC(C)CC1. The number of hydrogen-bond donors (Lipinski definition) is 0. The lowest BCUT2D eigenvalue weighted by Crippen LogP contribution is -2.23. The van der Waals surface area contributed by atoms with E-state index in [1.807, 2.05) is 6.92 Å². The molecule has 1 rings (SSSR count). The maximum Gasteiger partial charge on any atom is 0.302 e. The quantitative estimate of drug-likeness (QED) is 0.682. The molecule has 2 heteroatoms. The van der Waals surface area contributed by atoms with Crippen LogP contribution in [0.4, 0.5) is 0 Å². The first-order chi connectivity index (χ1) is 7.49. The van der Waals surface area contributed by atoms with Crippen LogP contribution in [0.2, 0.25) is 0 Å². The lowest BCUT2D eigenvalue weighted by Gasteiger charge is -2.31. The third-order valence-corrected chi connectivity index (χ3v) is 3.94. The van der Waals surface area contributed by atoms with Crippen molar-refractivity contribution >= 4 is 5.97 Å². The Hall–Kier alpha value is -0.530. The first-order valence-corrected chi connectivity index (χ1v) is 6.66. The Labute approximate surface area is 99.8 Å². The summed E-state index contributed by atoms with van der Waals surface area (Å²) in [4.78, 5) is 10.8. The summed E-state index contributed by atoms with van der Waals surface area (Å²) >= 11 is 0. The van der Waals surface area contributed by atoms with Gasteiger partial charge in [0.2, 0.25) is 0 Å². The van der Waals surface area contributed by atoms with Crippen molar-refractivity contribution in [2.24, 2.45) is 17.8 Å². The molecule has 0 N–H and O–H groups in total. The predicted octanol–water partition coefficient (Wildman–Crippen LogP) is 3.79. The molecule has 1 aliphatic rings. The molecule has 0 radical (unpaired) electrons. The van der Waals surface area contributed by atoms with Crippen molar-refractivity contribution in [1.82, 2.24) is 0 Å². The van der Waals surface area contributed by atoms with Gasteiger partial charge in [-0.15, -0.1) is 0 Å². The molecule has 0 aromatic heterocycles. The summed E-state index contributed by atoms with van der Waals surface area (Å²) < 4.78 is 5.19. The smallest absolute Gasteiger partial charge is 0.302 e. The van der Waals surface area contributed by atoms with Crippen molar-refractivity contribution < 1.29 is 9.53 Å². The second-order valence-electron chi connectivity index (χ2n) is 5.65. The zero-order chi connectivity index (χ0) is 12.1. The molecule has 0 amide bonds. The average molecular weight is 226 g/mol. The minimum Gasteiger partial charge on any atom is -0.463 e. The van der Waals surface area contributed by atoms with E-state index in [4.69, 9.17) is 4.74 Å². The lowest BCUT2D eigenvalue weighted by atomic mass is 9.75. The molecule has 0 aromatic carbocycles. The van der Waals surface area contributed by atoms with E-state index in [0.29, 0.717) is 5.92 Å². The van der Waals surface area contributed by atoms with Crippen LogP contribution in [0.15, 0.2) is 0 Å². The molecule has 2 nitrogen and oxygen atoms in total. The maximum absolute atomic E-state index is 10.8. The molecule has 16 heavy (non-hydrogen) atoms. The second kappa shape index (κ2) is 6.27. The van der Waals surface area contributed by atoms with E-state index in [-0.39, 0.29) is 12.1 Å². The molecule has 0 bridgehead atoms. The van der Waals surface area contributed by atoms with E-state index in [1.54, 1.807) is 0 Å². The Morgan fingerprint density at radius 1 is 1.25 bits per heavy atom. The normalized spacial score (nSPS) is 29.5. The Balaban J connectivity index is 2.28. The van der Waals surface area contributed by atoms with Crippen molar-refractivity contribution in [2.75, 3.05) is 0 Å². The summed E-state index contributed by atoms with van der Waals surface area (Å²) in [7, 11) is 0. The van der Waals surface area contributed by atoms with Gasteiger partial charge in [-0.25, -0.2) is 0 Å². The van der Waals surface area contributed by atoms with Gasteiger partial charge >= 0.3 is 5.97 Å². The summed E-state index contributed by atoms with van der Waals surface area (Å²) in [6.45, 7) is 8.15. The topological polar surface area (TPSA) is 26.3 Å². The van der Waals surface area contributed by atoms with Gasteiger partial charge in [0.15, 0.2) is 0 Å². The van der Waals surface area contributed by atoms with Crippen LogP contribution < -0.4 is 0 Å². The first-order valence-electron chi connectivity index (χ1n) is 6.66. The molecule has 94 valence electrons. The van der Waals surface area contributed by atoms with Crippen molar-refractivity contribution in [3.05, 3.63) is 0 Å². The van der Waals surface area contributed by atoms with Crippen molar-refractivity contribution in [2.45, 2.75) is 65.9 Å². The molecule has 1 aliphatic carbocycles. The van der Waals surface area contributed by atoms with Gasteiger partial charge in [0.1, 0.15) is 0 Å². The largest absolute Gasteiger partial charge is 0.463 e. The summed E-state index contributed by atoms with van der Waals surface area (Å²) in [5, 5.41) is 0. The lowest BCUT2D eigenvalue weighted by molar-refractivity contribution is -0.146. The van der Waals surface area contributed by atoms with Crippen molar-refractivity contribution in [3.8, 4) is 0 Å². The average Bonchev–Trinajstić information content (AvgIpc) is 2.16. The summed E-state index contributed by atoms with van der Waals surface area (Å²) in [5.74, 6) is 2.28. The minimum absolute atomic E-state index is 0.0758. The van der Waals surface area contributed by atoms with Crippen LogP contribution in [0, 0.1) is 17.8 Å².